The lowest BCUT2D eigenvalue weighted by atomic mass is 9.89. The summed E-state index contributed by atoms with van der Waals surface area (Å²) in [5.74, 6) is 1.44. The maximum Gasteiger partial charge on any atom is 0.275 e. The van der Waals surface area contributed by atoms with Crippen molar-refractivity contribution in [2.75, 3.05) is 19.6 Å². The summed E-state index contributed by atoms with van der Waals surface area (Å²) >= 11 is 1.68. The van der Waals surface area contributed by atoms with E-state index in [1.54, 1.807) is 11.3 Å². The number of aryl methyl sites for hydroxylation is 1. The van der Waals surface area contributed by atoms with Gasteiger partial charge in [-0.15, -0.1) is 11.3 Å². The number of nitrogens with zero attached hydrogens (tertiary/aromatic N) is 1. The highest BCUT2D eigenvalue weighted by molar-refractivity contribution is 7.18. The number of rotatable bonds is 2. The number of amides is 1. The van der Waals surface area contributed by atoms with E-state index >= 15 is 0 Å². The molecule has 2 aromatic rings. The molecule has 0 saturated carbocycles. The Morgan fingerprint density at radius 2 is 2.21 bits per heavy atom. The van der Waals surface area contributed by atoms with Crippen LogP contribution >= 0.6 is 11.3 Å². The lowest BCUT2D eigenvalue weighted by Crippen LogP contribution is -3.15. The number of H-pyrrole nitrogens is 1. The normalized spacial score (nSPS) is 25.3. The molecule has 3 atom stereocenters. The number of carbonyl (C=O) groups excluding carboxylic acids is 1. The van der Waals surface area contributed by atoms with Gasteiger partial charge in [0, 0.05) is 4.88 Å². The molecule has 24 heavy (non-hydrogen) atoms. The molecule has 128 valence electrons. The number of carbonyl (C=O) groups is 1. The molecule has 1 unspecified atom stereocenters. The second-order valence-corrected chi connectivity index (χ2v) is 8.22. The van der Waals surface area contributed by atoms with Gasteiger partial charge in [0.15, 0.2) is 12.4 Å². The van der Waals surface area contributed by atoms with Crippen LogP contribution in [0.2, 0.25) is 0 Å². The van der Waals surface area contributed by atoms with Crippen LogP contribution in [0, 0.1) is 5.92 Å². The summed E-state index contributed by atoms with van der Waals surface area (Å²) in [6, 6.07) is 0.00574. The van der Waals surface area contributed by atoms with Crippen molar-refractivity contribution in [1.29, 1.82) is 0 Å². The lowest BCUT2D eigenvalue weighted by Gasteiger charge is -2.28. The Labute approximate surface area is 144 Å². The van der Waals surface area contributed by atoms with Crippen molar-refractivity contribution < 1.29 is 9.69 Å². The van der Waals surface area contributed by atoms with Crippen molar-refractivity contribution in [2.24, 2.45) is 5.92 Å². The third-order valence-electron chi connectivity index (χ3n) is 5.36. The van der Waals surface area contributed by atoms with Gasteiger partial charge in [-0.05, 0) is 37.7 Å². The highest BCUT2D eigenvalue weighted by Gasteiger charge is 2.29. The number of aromatic amines is 1. The molecule has 2 aromatic heterocycles. The zero-order valence-corrected chi connectivity index (χ0v) is 14.9. The maximum absolute atomic E-state index is 12.7. The molecule has 4 rings (SSSR count). The quantitative estimate of drug-likeness (QED) is 0.725. The average molecular weight is 347 g/mol. The predicted molar refractivity (Wildman–Crippen MR) is 93.6 cm³/mol. The van der Waals surface area contributed by atoms with E-state index in [1.165, 1.54) is 10.4 Å². The molecule has 6 nitrogen and oxygen atoms in total. The third-order valence-corrected chi connectivity index (χ3v) is 6.51. The Balaban J connectivity index is 1.73. The van der Waals surface area contributed by atoms with Crippen molar-refractivity contribution in [3.05, 3.63) is 26.6 Å². The molecule has 7 heteroatoms. The summed E-state index contributed by atoms with van der Waals surface area (Å²) in [7, 11) is 0. The van der Waals surface area contributed by atoms with E-state index < -0.39 is 0 Å². The molecule has 1 amide bonds. The molecule has 0 spiro atoms. The van der Waals surface area contributed by atoms with Crippen molar-refractivity contribution >= 4 is 27.5 Å². The van der Waals surface area contributed by atoms with Crippen LogP contribution in [-0.4, -0.2) is 35.5 Å². The van der Waals surface area contributed by atoms with Crippen LogP contribution in [0.4, 0.5) is 0 Å². The van der Waals surface area contributed by atoms with E-state index in [9.17, 15) is 9.59 Å². The number of nitrogens with one attached hydrogen (secondary N) is 3. The highest BCUT2D eigenvalue weighted by atomic mass is 32.1. The van der Waals surface area contributed by atoms with Gasteiger partial charge in [0.25, 0.3) is 11.5 Å². The zero-order valence-electron chi connectivity index (χ0n) is 14.1. The van der Waals surface area contributed by atoms with E-state index in [1.807, 2.05) is 6.92 Å². The molecule has 1 aliphatic carbocycles. The fourth-order valence-electron chi connectivity index (χ4n) is 3.85. The van der Waals surface area contributed by atoms with Crippen molar-refractivity contribution in [3.63, 3.8) is 0 Å². The van der Waals surface area contributed by atoms with Crippen LogP contribution in [0.1, 0.15) is 42.6 Å². The number of aromatic nitrogens is 2. The van der Waals surface area contributed by atoms with Crippen LogP contribution in [0.25, 0.3) is 10.2 Å². The molecule has 1 saturated heterocycles. The van der Waals surface area contributed by atoms with E-state index in [2.05, 4.69) is 17.2 Å². The Hall–Kier alpha value is -1.73. The van der Waals surface area contributed by atoms with Crippen molar-refractivity contribution in [2.45, 2.75) is 39.2 Å². The first-order valence-corrected chi connectivity index (χ1v) is 9.50. The minimum atomic E-state index is -0.0187. The summed E-state index contributed by atoms with van der Waals surface area (Å²) in [4.78, 5) is 35.4. The van der Waals surface area contributed by atoms with E-state index in [4.69, 9.17) is 4.98 Å². The number of fused-ring (bicyclic) bond motifs is 3. The van der Waals surface area contributed by atoms with Gasteiger partial charge in [0.2, 0.25) is 0 Å². The largest absolute Gasteiger partial charge is 0.346 e. The number of hydrogen-bond donors (Lipinski definition) is 3. The molecule has 1 fully saturated rings. The van der Waals surface area contributed by atoms with Crippen LogP contribution < -0.4 is 15.8 Å². The van der Waals surface area contributed by atoms with Gasteiger partial charge in [-0.3, -0.25) is 9.59 Å². The van der Waals surface area contributed by atoms with Gasteiger partial charge in [-0.25, -0.2) is 4.98 Å². The number of piperazine rings is 1. The topological polar surface area (TPSA) is 79.3 Å². The smallest absolute Gasteiger partial charge is 0.275 e. The Kier molecular flexibility index (Phi) is 3.92. The maximum atomic E-state index is 12.7. The van der Waals surface area contributed by atoms with Crippen LogP contribution in [-0.2, 0) is 17.6 Å². The lowest BCUT2D eigenvalue weighted by molar-refractivity contribution is -0.924. The predicted octanol–water partition coefficient (Wildman–Crippen LogP) is 0.185. The molecule has 1 aliphatic heterocycles. The summed E-state index contributed by atoms with van der Waals surface area (Å²) in [5.41, 5.74) is 1.19. The summed E-state index contributed by atoms with van der Waals surface area (Å²) in [6.07, 6.45) is 3.18. The first kappa shape index (κ1) is 15.8. The molecule has 0 radical (unpaired) electrons. The second kappa shape index (κ2) is 5.97. The minimum absolute atomic E-state index is 0.00574. The fourth-order valence-corrected chi connectivity index (χ4v) is 5.24. The Morgan fingerprint density at radius 3 is 3.00 bits per heavy atom. The van der Waals surface area contributed by atoms with Crippen molar-refractivity contribution in [3.8, 4) is 0 Å². The molecule has 0 bridgehead atoms. The minimum Gasteiger partial charge on any atom is -0.346 e. The van der Waals surface area contributed by atoms with E-state index in [-0.39, 0.29) is 17.5 Å². The summed E-state index contributed by atoms with van der Waals surface area (Å²) in [5, 5.41) is 3.64. The van der Waals surface area contributed by atoms with E-state index in [0.717, 1.165) is 40.9 Å². The average Bonchev–Trinajstić information content (AvgIpc) is 2.91. The van der Waals surface area contributed by atoms with Crippen LogP contribution in [0.15, 0.2) is 4.79 Å². The van der Waals surface area contributed by atoms with Gasteiger partial charge in [-0.1, -0.05) is 6.92 Å². The van der Waals surface area contributed by atoms with Gasteiger partial charge in [0.05, 0.1) is 18.5 Å². The summed E-state index contributed by atoms with van der Waals surface area (Å²) < 4.78 is 0. The highest BCUT2D eigenvalue weighted by Crippen LogP contribution is 2.35. The van der Waals surface area contributed by atoms with Gasteiger partial charge in [-0.2, -0.15) is 0 Å². The molecular formula is C17H23N4O2S+. The number of quaternary nitrogens is 1. The number of thiophene rings is 1. The van der Waals surface area contributed by atoms with Crippen LogP contribution in [0.5, 0.6) is 0 Å². The SMILES string of the molecule is C[C@@H]1CCc2c(sc3nc([C@H](C)[NH+]4CCNC(=O)C4)[nH]c(=O)c23)C1. The monoisotopic (exact) mass is 347 g/mol. The molecule has 3 heterocycles. The summed E-state index contributed by atoms with van der Waals surface area (Å²) in [6.45, 7) is 6.27. The molecule has 2 aliphatic rings. The van der Waals surface area contributed by atoms with Crippen molar-refractivity contribution in [1.82, 2.24) is 15.3 Å². The number of hydrogen-bond acceptors (Lipinski definition) is 4. The molecule has 3 N–H and O–H groups in total. The standard InChI is InChI=1S/C17H22N4O2S/c1-9-3-4-11-12(7-9)24-17-14(11)16(23)19-15(20-17)10(2)21-6-5-18-13(22)8-21/h9-10H,3-8H2,1-2H3,(H,18,22)(H,19,20,23)/p+1/t9-,10+/m1/s1. The molecular weight excluding hydrogens is 324 g/mol. The third kappa shape index (κ3) is 2.65. The molecule has 0 aromatic carbocycles. The second-order valence-electron chi connectivity index (χ2n) is 7.14. The Bertz CT molecular complexity index is 856. The van der Waals surface area contributed by atoms with Gasteiger partial charge < -0.3 is 15.2 Å². The fraction of sp³-hybridized carbons (Fsp3) is 0.588. The van der Waals surface area contributed by atoms with Gasteiger partial charge >= 0.3 is 0 Å². The van der Waals surface area contributed by atoms with E-state index in [0.29, 0.717) is 24.8 Å². The Morgan fingerprint density at radius 1 is 1.38 bits per heavy atom. The zero-order chi connectivity index (χ0) is 16.8. The van der Waals surface area contributed by atoms with Crippen LogP contribution in [0.3, 0.4) is 0 Å². The first-order valence-electron chi connectivity index (χ1n) is 8.68. The van der Waals surface area contributed by atoms with Gasteiger partial charge in [0.1, 0.15) is 10.9 Å². The first-order chi connectivity index (χ1) is 11.5.